The number of non-ortho nitro benzene ring substituents is 1. The number of carbonyl (C=O) groups is 1. The van der Waals surface area contributed by atoms with Crippen molar-refractivity contribution in [2.45, 2.75) is 19.9 Å². The molecule has 2 aromatic rings. The van der Waals surface area contributed by atoms with Gasteiger partial charge in [-0.1, -0.05) is 17.7 Å². The van der Waals surface area contributed by atoms with Gasteiger partial charge in [0.05, 0.1) is 28.4 Å². The van der Waals surface area contributed by atoms with E-state index in [2.05, 4.69) is 10.6 Å². The monoisotopic (exact) mass is 363 g/mol. The Morgan fingerprint density at radius 1 is 1.24 bits per heavy atom. The molecule has 1 atom stereocenters. The molecule has 2 rings (SSSR count). The molecule has 8 heteroatoms. The van der Waals surface area contributed by atoms with Crippen molar-refractivity contribution < 1.29 is 14.5 Å². The molecule has 0 heterocycles. The predicted octanol–water partition coefficient (Wildman–Crippen LogP) is 4.00. The fraction of sp³-hybridized carbons (Fsp3) is 0.235. The quantitative estimate of drug-likeness (QED) is 0.597. The largest absolute Gasteiger partial charge is 0.495 e. The summed E-state index contributed by atoms with van der Waals surface area (Å²) < 4.78 is 5.27. The summed E-state index contributed by atoms with van der Waals surface area (Å²) in [7, 11) is 1.55. The Morgan fingerprint density at radius 2 is 1.96 bits per heavy atom. The number of rotatable bonds is 6. The molecular formula is C17H18ClN3O4. The lowest BCUT2D eigenvalue weighted by Crippen LogP contribution is -2.32. The van der Waals surface area contributed by atoms with Crippen LogP contribution in [0.5, 0.6) is 5.75 Å². The first-order valence-electron chi connectivity index (χ1n) is 7.48. The number of nitrogens with one attached hydrogen (secondary N) is 2. The number of benzene rings is 2. The molecule has 0 radical (unpaired) electrons. The van der Waals surface area contributed by atoms with Gasteiger partial charge in [0.15, 0.2) is 0 Å². The van der Waals surface area contributed by atoms with Gasteiger partial charge in [-0.2, -0.15) is 0 Å². The van der Waals surface area contributed by atoms with Crippen LogP contribution >= 0.6 is 11.6 Å². The molecule has 25 heavy (non-hydrogen) atoms. The van der Waals surface area contributed by atoms with Gasteiger partial charge >= 0.3 is 0 Å². The number of hydrogen-bond acceptors (Lipinski definition) is 5. The third-order valence-electron chi connectivity index (χ3n) is 3.54. The SMILES string of the molecule is COc1ccc(C)cc1NC(C)C(=O)Nc1cc([N+](=O)[O-])ccc1Cl. The highest BCUT2D eigenvalue weighted by Crippen LogP contribution is 2.28. The fourth-order valence-electron chi connectivity index (χ4n) is 2.20. The summed E-state index contributed by atoms with van der Waals surface area (Å²) in [6.45, 7) is 3.60. The molecule has 0 aliphatic heterocycles. The fourth-order valence-corrected chi connectivity index (χ4v) is 2.36. The Kier molecular flexibility index (Phi) is 5.82. The third kappa shape index (κ3) is 4.60. The summed E-state index contributed by atoms with van der Waals surface area (Å²) in [6, 6.07) is 8.82. The lowest BCUT2D eigenvalue weighted by atomic mass is 10.2. The van der Waals surface area contributed by atoms with Gasteiger partial charge in [-0.3, -0.25) is 14.9 Å². The molecule has 0 fully saturated rings. The molecule has 0 aliphatic rings. The number of anilines is 2. The number of carbonyl (C=O) groups excluding carboxylic acids is 1. The predicted molar refractivity (Wildman–Crippen MR) is 97.6 cm³/mol. The van der Waals surface area contributed by atoms with Crippen molar-refractivity contribution in [1.82, 2.24) is 0 Å². The number of halogens is 1. The molecule has 0 aliphatic carbocycles. The van der Waals surface area contributed by atoms with Gasteiger partial charge in [-0.15, -0.1) is 0 Å². The van der Waals surface area contributed by atoms with Crippen molar-refractivity contribution in [3.63, 3.8) is 0 Å². The summed E-state index contributed by atoms with van der Waals surface area (Å²) in [5.74, 6) is 0.226. The van der Waals surface area contributed by atoms with Crippen molar-refractivity contribution in [2.24, 2.45) is 0 Å². The van der Waals surface area contributed by atoms with E-state index in [-0.39, 0.29) is 22.3 Å². The van der Waals surface area contributed by atoms with E-state index in [1.165, 1.54) is 18.2 Å². The first-order valence-corrected chi connectivity index (χ1v) is 7.85. The number of ether oxygens (including phenoxy) is 1. The molecule has 0 bridgehead atoms. The molecule has 0 aromatic heterocycles. The molecule has 0 spiro atoms. The van der Waals surface area contributed by atoms with Crippen LogP contribution < -0.4 is 15.4 Å². The molecule has 0 saturated heterocycles. The van der Waals surface area contributed by atoms with Crippen LogP contribution in [0, 0.1) is 17.0 Å². The highest BCUT2D eigenvalue weighted by atomic mass is 35.5. The zero-order valence-corrected chi connectivity index (χ0v) is 14.8. The summed E-state index contributed by atoms with van der Waals surface area (Å²) in [4.78, 5) is 22.7. The van der Waals surface area contributed by atoms with Crippen LogP contribution in [-0.2, 0) is 4.79 Å². The number of methoxy groups -OCH3 is 1. The molecule has 132 valence electrons. The lowest BCUT2D eigenvalue weighted by molar-refractivity contribution is -0.384. The number of nitro groups is 1. The smallest absolute Gasteiger partial charge is 0.271 e. The van der Waals surface area contributed by atoms with E-state index in [4.69, 9.17) is 16.3 Å². The second-order valence-corrected chi connectivity index (χ2v) is 5.89. The average Bonchev–Trinajstić information content (AvgIpc) is 2.56. The minimum absolute atomic E-state index is 0.152. The van der Waals surface area contributed by atoms with Crippen molar-refractivity contribution in [1.29, 1.82) is 0 Å². The standard InChI is InChI=1S/C17H18ClN3O4/c1-10-4-7-16(25-3)15(8-10)19-11(2)17(22)20-14-9-12(21(23)24)5-6-13(14)18/h4-9,11,19H,1-3H3,(H,20,22). The lowest BCUT2D eigenvalue weighted by Gasteiger charge is -2.18. The highest BCUT2D eigenvalue weighted by molar-refractivity contribution is 6.33. The van der Waals surface area contributed by atoms with Crippen LogP contribution in [0.15, 0.2) is 36.4 Å². The van der Waals surface area contributed by atoms with Crippen molar-refractivity contribution in [3.8, 4) is 5.75 Å². The van der Waals surface area contributed by atoms with E-state index in [1.54, 1.807) is 20.1 Å². The Morgan fingerprint density at radius 3 is 2.60 bits per heavy atom. The molecule has 2 aromatic carbocycles. The van der Waals surface area contributed by atoms with Crippen molar-refractivity contribution in [3.05, 3.63) is 57.1 Å². The first kappa shape index (κ1) is 18.5. The third-order valence-corrected chi connectivity index (χ3v) is 3.87. The maximum absolute atomic E-state index is 12.4. The van der Waals surface area contributed by atoms with Crippen LogP contribution in [0.3, 0.4) is 0 Å². The minimum Gasteiger partial charge on any atom is -0.495 e. The van der Waals surface area contributed by atoms with Crippen molar-refractivity contribution >= 4 is 34.6 Å². The maximum Gasteiger partial charge on any atom is 0.271 e. The molecule has 2 N–H and O–H groups in total. The van der Waals surface area contributed by atoms with Crippen LogP contribution in [0.25, 0.3) is 0 Å². The van der Waals surface area contributed by atoms with E-state index < -0.39 is 11.0 Å². The molecule has 1 unspecified atom stereocenters. The zero-order chi connectivity index (χ0) is 18.6. The normalized spacial score (nSPS) is 11.5. The van der Waals surface area contributed by atoms with Gasteiger partial charge in [-0.05, 0) is 37.6 Å². The summed E-state index contributed by atoms with van der Waals surface area (Å²) in [5, 5.41) is 16.7. The van der Waals surface area contributed by atoms with Gasteiger partial charge in [0, 0.05) is 12.1 Å². The average molecular weight is 364 g/mol. The van der Waals surface area contributed by atoms with Crippen LogP contribution in [0.4, 0.5) is 17.1 Å². The number of aryl methyl sites for hydroxylation is 1. The molecular weight excluding hydrogens is 346 g/mol. The summed E-state index contributed by atoms with van der Waals surface area (Å²) in [5.41, 5.74) is 1.72. The van der Waals surface area contributed by atoms with Crippen LogP contribution in [0.2, 0.25) is 5.02 Å². The van der Waals surface area contributed by atoms with E-state index in [0.717, 1.165) is 5.56 Å². The van der Waals surface area contributed by atoms with Gasteiger partial charge in [-0.25, -0.2) is 0 Å². The second-order valence-electron chi connectivity index (χ2n) is 5.48. The maximum atomic E-state index is 12.4. The molecule has 0 saturated carbocycles. The minimum atomic E-state index is -0.619. The molecule has 1 amide bonds. The number of nitrogens with zero attached hydrogens (tertiary/aromatic N) is 1. The number of hydrogen-bond donors (Lipinski definition) is 2. The second kappa shape index (κ2) is 7.85. The van der Waals surface area contributed by atoms with Crippen molar-refractivity contribution in [2.75, 3.05) is 17.7 Å². The Labute approximate surface area is 150 Å². The summed E-state index contributed by atoms with van der Waals surface area (Å²) in [6.07, 6.45) is 0. The van der Waals surface area contributed by atoms with E-state index in [1.807, 2.05) is 19.1 Å². The number of amides is 1. The van der Waals surface area contributed by atoms with E-state index >= 15 is 0 Å². The van der Waals surface area contributed by atoms with E-state index in [0.29, 0.717) is 11.4 Å². The summed E-state index contributed by atoms with van der Waals surface area (Å²) >= 11 is 6.00. The Bertz CT molecular complexity index is 810. The highest BCUT2D eigenvalue weighted by Gasteiger charge is 2.18. The van der Waals surface area contributed by atoms with Gasteiger partial charge < -0.3 is 15.4 Å². The van der Waals surface area contributed by atoms with Gasteiger partial charge in [0.25, 0.3) is 5.69 Å². The number of nitro benzene ring substituents is 1. The zero-order valence-electron chi connectivity index (χ0n) is 14.0. The molecule has 7 nitrogen and oxygen atoms in total. The Hall–Kier alpha value is -2.80. The van der Waals surface area contributed by atoms with Crippen LogP contribution in [0.1, 0.15) is 12.5 Å². The van der Waals surface area contributed by atoms with Gasteiger partial charge in [0.2, 0.25) is 5.91 Å². The topological polar surface area (TPSA) is 93.5 Å². The van der Waals surface area contributed by atoms with Gasteiger partial charge in [0.1, 0.15) is 11.8 Å². The Balaban J connectivity index is 2.15. The first-order chi connectivity index (χ1) is 11.8. The van der Waals surface area contributed by atoms with E-state index in [9.17, 15) is 14.9 Å². The van der Waals surface area contributed by atoms with Crippen LogP contribution in [-0.4, -0.2) is 24.0 Å².